The van der Waals surface area contributed by atoms with Crippen LogP contribution >= 0.6 is 11.3 Å². The van der Waals surface area contributed by atoms with Crippen LogP contribution in [0.5, 0.6) is 0 Å². The minimum atomic E-state index is 0.609. The molecule has 0 bridgehead atoms. The van der Waals surface area contributed by atoms with Crippen molar-refractivity contribution in [1.29, 1.82) is 0 Å². The number of pyridine rings is 3. The fraction of sp³-hybridized carbons (Fsp3) is 0. The topological polar surface area (TPSA) is 181 Å². The summed E-state index contributed by atoms with van der Waals surface area (Å²) in [4.78, 5) is 60.7. The van der Waals surface area contributed by atoms with Gasteiger partial charge in [0.05, 0.1) is 33.1 Å². The maximum absolute atomic E-state index is 6.10. The molecule has 30 rings (SSSR count). The van der Waals surface area contributed by atoms with E-state index in [9.17, 15) is 0 Å². The van der Waals surface area contributed by atoms with Gasteiger partial charge in [0.15, 0.2) is 52.4 Å². The lowest BCUT2D eigenvalue weighted by Crippen LogP contribution is -2.00. The molecule has 0 spiro atoms. The summed E-state index contributed by atoms with van der Waals surface area (Å²) in [5, 5.41) is 18.2. The Hall–Kier alpha value is -19.4. The van der Waals surface area contributed by atoms with Crippen LogP contribution in [-0.4, -0.2) is 73.0 Å². The van der Waals surface area contributed by atoms with Crippen molar-refractivity contribution in [1.82, 2.24) is 73.0 Å². The molecule has 0 saturated heterocycles. The lowest BCUT2D eigenvalue weighted by Gasteiger charge is -2.12. The molecule has 0 radical (unpaired) electrons. The third-order valence-corrected chi connectivity index (χ3v) is 28.5. The Morgan fingerprint density at radius 2 is 0.406 bits per heavy atom. The zero-order chi connectivity index (χ0) is 94.1. The zero-order valence-corrected chi connectivity index (χ0v) is 77.1. The number of aromatic nitrogens is 15. The Morgan fingerprint density at radius 3 is 0.790 bits per heavy atom. The van der Waals surface area contributed by atoms with E-state index in [0.29, 0.717) is 52.4 Å². The summed E-state index contributed by atoms with van der Waals surface area (Å²) in [6.45, 7) is 0. The van der Waals surface area contributed by atoms with E-state index in [-0.39, 0.29) is 0 Å². The van der Waals surface area contributed by atoms with Crippen molar-refractivity contribution in [3.63, 3.8) is 0 Å². The number of furan rings is 1. The van der Waals surface area contributed by atoms with Gasteiger partial charge in [0.25, 0.3) is 0 Å². The van der Waals surface area contributed by atoms with Crippen LogP contribution in [0.1, 0.15) is 0 Å². The van der Waals surface area contributed by atoms with Gasteiger partial charge in [0.2, 0.25) is 0 Å². The molecule has 0 unspecified atom stereocenters. The summed E-state index contributed by atoms with van der Waals surface area (Å²) in [6.07, 6.45) is 6.26. The summed E-state index contributed by atoms with van der Waals surface area (Å²) < 4.78 is 15.2. The largest absolute Gasteiger partial charge is 0.456 e. The van der Waals surface area contributed by atoms with Crippen molar-refractivity contribution in [2.24, 2.45) is 0 Å². The molecule has 0 amide bonds. The van der Waals surface area contributed by atoms with Gasteiger partial charge >= 0.3 is 0 Å². The molecule has 19 aromatic carbocycles. The Balaban J connectivity index is 0.000000105. The van der Waals surface area contributed by atoms with Crippen molar-refractivity contribution in [3.05, 3.63) is 455 Å². The minimum absolute atomic E-state index is 0.609. The molecule has 0 atom stereocenters. The summed E-state index contributed by atoms with van der Waals surface area (Å²) >= 11 is 1.81. The molecule has 0 aliphatic rings. The Labute approximate surface area is 819 Å². The molecule has 0 fully saturated rings. The molecule has 0 N–H and O–H groups in total. The second-order valence-corrected chi connectivity index (χ2v) is 36.9. The van der Waals surface area contributed by atoms with E-state index < -0.39 is 0 Å². The average molecular weight is 1850 g/mol. The first-order chi connectivity index (χ1) is 70.8. The van der Waals surface area contributed by atoms with E-state index in [1.54, 1.807) is 0 Å². The third-order valence-electron chi connectivity index (χ3n) is 27.3. The van der Waals surface area contributed by atoms with Crippen molar-refractivity contribution < 1.29 is 4.42 Å². The van der Waals surface area contributed by atoms with Crippen molar-refractivity contribution in [2.75, 3.05) is 0 Å². The van der Waals surface area contributed by atoms with Crippen LogP contribution in [0.4, 0.5) is 0 Å². The molecule has 0 aliphatic carbocycles. The molecular weight excluding hydrogens is 1770 g/mol. The van der Waals surface area contributed by atoms with Gasteiger partial charge in [-0.2, -0.15) is 0 Å². The van der Waals surface area contributed by atoms with E-state index in [1.165, 1.54) is 31.3 Å². The monoisotopic (exact) mass is 1850 g/mol. The van der Waals surface area contributed by atoms with Gasteiger partial charge in [0.1, 0.15) is 28.1 Å². The fourth-order valence-electron chi connectivity index (χ4n) is 20.5. The number of rotatable bonds is 11. The first-order valence-electron chi connectivity index (χ1n) is 47.5. The highest BCUT2D eigenvalue weighted by Gasteiger charge is 2.25. The number of thiophene rings is 1. The zero-order valence-electron chi connectivity index (χ0n) is 76.3. The number of hydrogen-bond donors (Lipinski definition) is 0. The van der Waals surface area contributed by atoms with Crippen molar-refractivity contribution >= 4 is 168 Å². The molecule has 0 aliphatic heterocycles. The molecule has 143 heavy (non-hydrogen) atoms. The molecule has 17 heteroatoms. The molecule has 11 aromatic heterocycles. The van der Waals surface area contributed by atoms with Crippen LogP contribution in [0.3, 0.4) is 0 Å². The fourth-order valence-corrected chi connectivity index (χ4v) is 21.6. The Kier molecular flexibility index (Phi) is 19.4. The standard InChI is InChI=1S/C46H29N5.C40H23N5O.C40H23N5S/c1-3-11-30(12-4-1)32-18-22-34(23-19-32)44-48-45(35-24-20-33(21-25-35)31-13-5-2-6-14-31)50-46(49-44)36-26-27-39-40(29-36)37-15-7-8-16-38(37)42-43(39)51-28-10-9-17-41(51)47-42;2*1-2-10-24(11-3-1)38-42-39(44-40(43-38)26-18-20-34-32(23-26)28-13-6-7-15-33(28)46-34)25-17-19-30-31(22-25)27-12-4-5-14-29(27)36-37(30)45-21-9-8-16-35(45)41-36/h1-29H;2*1-23H. The van der Waals surface area contributed by atoms with Crippen molar-refractivity contribution in [2.45, 2.75) is 0 Å². The quantitative estimate of drug-likeness (QED) is 0.112. The van der Waals surface area contributed by atoms with Gasteiger partial charge in [-0.15, -0.1) is 11.3 Å². The molecular formula is C126H75N15OS. The van der Waals surface area contributed by atoms with E-state index in [4.69, 9.17) is 64.2 Å². The number of hydrogen-bond acceptors (Lipinski definition) is 14. The summed E-state index contributed by atoms with van der Waals surface area (Å²) in [6, 6.07) is 151. The number of para-hydroxylation sites is 1. The van der Waals surface area contributed by atoms with Gasteiger partial charge in [-0.1, -0.05) is 334 Å². The first-order valence-corrected chi connectivity index (χ1v) is 48.3. The lowest BCUT2D eigenvalue weighted by molar-refractivity contribution is 0.669. The SMILES string of the molecule is c1ccc(-c2ccc(-c3nc(-c4ccc(-c5ccccc5)cc4)nc(-c4ccc5c(c4)c4ccccc4c4nc6ccccn6c54)n3)cc2)cc1.c1ccc(-c2nc(-c3ccc4oc5ccccc5c4c3)nc(-c3ccc4c(c3)c3ccccc3c3nc5ccccn5c43)n2)cc1.c1ccc(-c2nc(-c3ccc4sc5ccccc5c4c3)nc(-c3ccc4c(c3)c3ccccc3c3nc5ccccn5c43)n2)cc1. The third kappa shape index (κ3) is 14.3. The van der Waals surface area contributed by atoms with Crippen LogP contribution in [-0.2, 0) is 0 Å². The summed E-state index contributed by atoms with van der Waals surface area (Å²) in [5.74, 6) is 5.68. The second-order valence-electron chi connectivity index (χ2n) is 35.8. The minimum Gasteiger partial charge on any atom is -0.456 e. The maximum Gasteiger partial charge on any atom is 0.164 e. The molecule has 16 nitrogen and oxygen atoms in total. The van der Waals surface area contributed by atoms with Gasteiger partial charge in [0, 0.05) is 132 Å². The van der Waals surface area contributed by atoms with Crippen LogP contribution in [0.2, 0.25) is 0 Å². The normalized spacial score (nSPS) is 11.8. The number of fused-ring (bicyclic) bond motifs is 30. The summed E-state index contributed by atoms with van der Waals surface area (Å²) in [7, 11) is 0. The first kappa shape index (κ1) is 81.9. The van der Waals surface area contributed by atoms with Gasteiger partial charge in [-0.3, -0.25) is 13.2 Å². The molecule has 0 saturated carbocycles. The predicted molar refractivity (Wildman–Crippen MR) is 583 cm³/mol. The molecule has 11 heterocycles. The number of imidazole rings is 3. The van der Waals surface area contributed by atoms with Crippen LogP contribution in [0.15, 0.2) is 460 Å². The Bertz CT molecular complexity index is 9890. The van der Waals surface area contributed by atoms with Crippen LogP contribution in [0.25, 0.3) is 282 Å². The van der Waals surface area contributed by atoms with Crippen molar-refractivity contribution in [3.8, 4) is 125 Å². The van der Waals surface area contributed by atoms with E-state index in [0.717, 1.165) is 198 Å². The van der Waals surface area contributed by atoms with Gasteiger partial charge in [-0.25, -0.2) is 59.8 Å². The number of nitrogens with zero attached hydrogens (tertiary/aromatic N) is 15. The average Bonchev–Trinajstić information content (AvgIpc) is 1.60. The van der Waals surface area contributed by atoms with Crippen LogP contribution in [0, 0.1) is 0 Å². The van der Waals surface area contributed by atoms with E-state index in [2.05, 4.69) is 341 Å². The molecule has 666 valence electrons. The van der Waals surface area contributed by atoms with Gasteiger partial charge in [-0.05, 0) is 158 Å². The highest BCUT2D eigenvalue weighted by atomic mass is 32.1. The highest BCUT2D eigenvalue weighted by Crippen LogP contribution is 2.45. The summed E-state index contributed by atoms with van der Waals surface area (Å²) in [5.41, 5.74) is 23.8. The highest BCUT2D eigenvalue weighted by molar-refractivity contribution is 7.25. The second kappa shape index (κ2) is 33.8. The Morgan fingerprint density at radius 1 is 0.154 bits per heavy atom. The van der Waals surface area contributed by atoms with E-state index in [1.807, 2.05) is 139 Å². The van der Waals surface area contributed by atoms with Gasteiger partial charge < -0.3 is 4.42 Å². The smallest absolute Gasteiger partial charge is 0.164 e. The molecule has 30 aromatic rings. The van der Waals surface area contributed by atoms with Crippen LogP contribution < -0.4 is 0 Å². The number of benzene rings is 19. The van der Waals surface area contributed by atoms with E-state index >= 15 is 0 Å². The maximum atomic E-state index is 6.10. The lowest BCUT2D eigenvalue weighted by atomic mass is 9.97. The predicted octanol–water partition coefficient (Wildman–Crippen LogP) is 31.5.